The van der Waals surface area contributed by atoms with Gasteiger partial charge in [0.05, 0.1) is 23.4 Å². The predicted octanol–water partition coefficient (Wildman–Crippen LogP) is 1.78. The number of aromatic nitrogens is 2. The number of amidine groups is 1. The van der Waals surface area contributed by atoms with Crippen LogP contribution in [0, 0.1) is 11.6 Å². The van der Waals surface area contributed by atoms with Gasteiger partial charge in [-0.15, -0.1) is 0 Å². The van der Waals surface area contributed by atoms with E-state index in [4.69, 9.17) is 4.74 Å². The van der Waals surface area contributed by atoms with Crippen LogP contribution in [0.1, 0.15) is 5.56 Å². The van der Waals surface area contributed by atoms with Crippen LogP contribution in [0.4, 0.5) is 14.6 Å². The second-order valence-electron chi connectivity index (χ2n) is 8.10. The number of pyridine rings is 2. The van der Waals surface area contributed by atoms with Crippen molar-refractivity contribution in [3.05, 3.63) is 59.9 Å². The number of rotatable bonds is 5. The fourth-order valence-electron chi connectivity index (χ4n) is 4.20. The predicted molar refractivity (Wildman–Crippen MR) is 121 cm³/mol. The lowest BCUT2D eigenvalue weighted by molar-refractivity contribution is 0.111. The van der Waals surface area contributed by atoms with Crippen molar-refractivity contribution < 1.29 is 18.6 Å². The van der Waals surface area contributed by atoms with Crippen LogP contribution in [-0.4, -0.2) is 77.9 Å². The summed E-state index contributed by atoms with van der Waals surface area (Å²) >= 11 is 0. The largest absolute Gasteiger partial charge is 0.470 e. The summed E-state index contributed by atoms with van der Waals surface area (Å²) in [6.45, 7) is 3.81. The second-order valence-corrected chi connectivity index (χ2v) is 8.10. The number of piperazine rings is 1. The molecule has 0 spiro atoms. The van der Waals surface area contributed by atoms with Gasteiger partial charge >= 0.3 is 0 Å². The molecule has 5 rings (SSSR count). The van der Waals surface area contributed by atoms with Gasteiger partial charge in [0, 0.05) is 50.9 Å². The summed E-state index contributed by atoms with van der Waals surface area (Å²) in [5.41, 5.74) is 1.26. The molecule has 2 aliphatic rings. The molecule has 1 unspecified atom stereocenters. The van der Waals surface area contributed by atoms with Crippen molar-refractivity contribution in [2.75, 3.05) is 50.9 Å². The highest BCUT2D eigenvalue weighted by atomic mass is 19.1. The van der Waals surface area contributed by atoms with E-state index in [1.54, 1.807) is 18.3 Å². The summed E-state index contributed by atoms with van der Waals surface area (Å²) in [5, 5.41) is 14.4. The molecule has 1 fully saturated rings. The first-order chi connectivity index (χ1) is 16.1. The highest BCUT2D eigenvalue weighted by Gasteiger charge is 2.23. The number of benzene rings is 1. The number of halogens is 2. The molecule has 1 saturated heterocycles. The Balaban J connectivity index is 1.15. The number of aliphatic hydroxyl groups is 1. The Hall–Kier alpha value is -3.37. The van der Waals surface area contributed by atoms with Gasteiger partial charge in [0.2, 0.25) is 0 Å². The highest BCUT2D eigenvalue weighted by Crippen LogP contribution is 2.25. The van der Waals surface area contributed by atoms with Crippen molar-refractivity contribution in [2.24, 2.45) is 4.99 Å². The van der Waals surface area contributed by atoms with Crippen LogP contribution < -0.4 is 15.0 Å². The van der Waals surface area contributed by atoms with Crippen LogP contribution in [0.5, 0.6) is 5.75 Å². The molecule has 3 aromatic rings. The van der Waals surface area contributed by atoms with Crippen molar-refractivity contribution in [1.29, 1.82) is 0 Å². The third-order valence-corrected chi connectivity index (χ3v) is 5.84. The maximum atomic E-state index is 13.7. The minimum absolute atomic E-state index is 0.153. The monoisotopic (exact) mass is 454 g/mol. The molecule has 10 heteroatoms. The van der Waals surface area contributed by atoms with Crippen molar-refractivity contribution in [1.82, 2.24) is 20.2 Å². The molecule has 8 nitrogen and oxygen atoms in total. The molecule has 0 saturated carbocycles. The van der Waals surface area contributed by atoms with Gasteiger partial charge in [-0.25, -0.2) is 18.8 Å². The average molecular weight is 454 g/mol. The third kappa shape index (κ3) is 4.71. The summed E-state index contributed by atoms with van der Waals surface area (Å²) in [4.78, 5) is 17.1. The number of aliphatic hydroxyl groups excluding tert-OH is 1. The summed E-state index contributed by atoms with van der Waals surface area (Å²) in [5.74, 6) is 1.06. The molecular weight excluding hydrogens is 430 g/mol. The van der Waals surface area contributed by atoms with Gasteiger partial charge in [0.1, 0.15) is 29.0 Å². The van der Waals surface area contributed by atoms with Crippen LogP contribution >= 0.6 is 0 Å². The molecule has 33 heavy (non-hydrogen) atoms. The van der Waals surface area contributed by atoms with Gasteiger partial charge < -0.3 is 20.1 Å². The molecule has 0 aliphatic carbocycles. The van der Waals surface area contributed by atoms with Crippen molar-refractivity contribution in [3.8, 4) is 5.75 Å². The lowest BCUT2D eigenvalue weighted by Crippen LogP contribution is -2.50. The lowest BCUT2D eigenvalue weighted by Gasteiger charge is -2.36. The van der Waals surface area contributed by atoms with E-state index in [1.807, 2.05) is 0 Å². The van der Waals surface area contributed by atoms with Crippen LogP contribution in [-0.2, 0) is 0 Å². The number of fused-ring (bicyclic) bond motifs is 2. The van der Waals surface area contributed by atoms with Gasteiger partial charge in [-0.05, 0) is 30.3 Å². The zero-order valence-electron chi connectivity index (χ0n) is 17.9. The van der Waals surface area contributed by atoms with Gasteiger partial charge in [-0.1, -0.05) is 0 Å². The quantitative estimate of drug-likeness (QED) is 0.608. The van der Waals surface area contributed by atoms with E-state index in [9.17, 15) is 13.9 Å². The summed E-state index contributed by atoms with van der Waals surface area (Å²) in [6.07, 6.45) is 2.27. The number of anilines is 1. The molecule has 4 heterocycles. The molecule has 0 amide bonds. The van der Waals surface area contributed by atoms with Crippen LogP contribution in [0.15, 0.2) is 47.7 Å². The average Bonchev–Trinajstić information content (AvgIpc) is 2.83. The Morgan fingerprint density at radius 3 is 2.76 bits per heavy atom. The van der Waals surface area contributed by atoms with Gasteiger partial charge in [-0.3, -0.25) is 9.88 Å². The molecule has 2 aliphatic heterocycles. The molecule has 2 aromatic heterocycles. The van der Waals surface area contributed by atoms with E-state index in [0.29, 0.717) is 47.7 Å². The number of β-amino-alcohol motifs (C(OH)–C–C–N with tert-alkyl or cyclic N) is 1. The zero-order chi connectivity index (χ0) is 22.8. The maximum Gasteiger partial charge on any atom is 0.181 e. The first-order valence-corrected chi connectivity index (χ1v) is 10.8. The first-order valence-electron chi connectivity index (χ1n) is 10.8. The Labute approximate surface area is 189 Å². The van der Waals surface area contributed by atoms with Crippen molar-refractivity contribution >= 4 is 22.6 Å². The zero-order valence-corrected chi connectivity index (χ0v) is 17.9. The van der Waals surface area contributed by atoms with Gasteiger partial charge in [0.25, 0.3) is 0 Å². The minimum Gasteiger partial charge on any atom is -0.470 e. The lowest BCUT2D eigenvalue weighted by atomic mass is 10.1. The summed E-state index contributed by atoms with van der Waals surface area (Å²) in [7, 11) is 0. The highest BCUT2D eigenvalue weighted by molar-refractivity contribution is 6.01. The number of nitrogens with one attached hydrogen (secondary N) is 1. The van der Waals surface area contributed by atoms with E-state index < -0.39 is 6.10 Å². The normalized spacial score (nSPS) is 17.3. The van der Waals surface area contributed by atoms with Gasteiger partial charge in [0.15, 0.2) is 6.73 Å². The van der Waals surface area contributed by atoms with Gasteiger partial charge in [-0.2, -0.15) is 0 Å². The molecule has 1 aromatic carbocycles. The fourth-order valence-corrected chi connectivity index (χ4v) is 4.20. The summed E-state index contributed by atoms with van der Waals surface area (Å²) in [6, 6.07) is 7.53. The number of hydrogen-bond donors (Lipinski definition) is 2. The Bertz CT molecular complexity index is 1180. The molecule has 172 valence electrons. The fraction of sp³-hybridized carbons (Fsp3) is 0.348. The molecule has 2 N–H and O–H groups in total. The molecule has 0 radical (unpaired) electrons. The van der Waals surface area contributed by atoms with E-state index in [1.165, 1.54) is 24.4 Å². The Morgan fingerprint density at radius 1 is 1.06 bits per heavy atom. The Morgan fingerprint density at radius 2 is 1.91 bits per heavy atom. The van der Waals surface area contributed by atoms with E-state index in [2.05, 4.69) is 30.1 Å². The van der Waals surface area contributed by atoms with E-state index in [0.717, 1.165) is 18.9 Å². The van der Waals surface area contributed by atoms with Crippen LogP contribution in [0.25, 0.3) is 10.9 Å². The van der Waals surface area contributed by atoms with Crippen LogP contribution in [0.3, 0.4) is 0 Å². The molecule has 1 atom stereocenters. The van der Waals surface area contributed by atoms with Crippen LogP contribution in [0.2, 0.25) is 0 Å². The number of hydrogen-bond acceptors (Lipinski definition) is 8. The van der Waals surface area contributed by atoms with Crippen molar-refractivity contribution in [2.45, 2.75) is 6.10 Å². The second kappa shape index (κ2) is 9.24. The number of ether oxygens (including phenoxy) is 1. The molecule has 0 bridgehead atoms. The third-order valence-electron chi connectivity index (χ3n) is 5.84. The standard InChI is InChI=1S/C23H24F2N6O2/c24-15-1-2-21-19(9-15)22(29-14-33-21)28-12-17(32)13-30-5-7-31(8-6-30)23-18-10-16(25)11-27-20(18)3-4-26-23/h1-4,9-11,17,32H,5-8,12-14H2,(H,28,29). The smallest absolute Gasteiger partial charge is 0.181 e. The SMILES string of the molecule is OC(CNC1=NCOc2ccc(F)cc21)CN1CCN(c2nccc3ncc(F)cc23)CC1. The van der Waals surface area contributed by atoms with E-state index in [-0.39, 0.29) is 24.9 Å². The van der Waals surface area contributed by atoms with Crippen molar-refractivity contribution in [3.63, 3.8) is 0 Å². The number of aliphatic imine (C=N–C) groups is 1. The first kappa shape index (κ1) is 21.5. The Kier molecular flexibility index (Phi) is 6.01. The van der Waals surface area contributed by atoms with E-state index >= 15 is 0 Å². The maximum absolute atomic E-state index is 13.7. The molecular formula is C23H24F2N6O2. The minimum atomic E-state index is -0.631. The number of nitrogens with zero attached hydrogens (tertiary/aromatic N) is 5. The summed E-state index contributed by atoms with van der Waals surface area (Å²) < 4.78 is 32.7. The topological polar surface area (TPSA) is 86.1 Å².